The third-order valence-corrected chi connectivity index (χ3v) is 3.62. The molecule has 6 nitrogen and oxygen atoms in total. The number of anilines is 1. The van der Waals surface area contributed by atoms with Gasteiger partial charge in [0.15, 0.2) is 0 Å². The smallest absolute Gasteiger partial charge is 0.428 e. The van der Waals surface area contributed by atoms with Crippen LogP contribution in [0.3, 0.4) is 0 Å². The molecule has 1 atom stereocenters. The summed E-state index contributed by atoms with van der Waals surface area (Å²) in [6.45, 7) is 3.37. The summed E-state index contributed by atoms with van der Waals surface area (Å²) in [5.41, 5.74) is 1.47. The number of hydrazone groups is 1. The normalized spacial score (nSPS) is 16.1. The Morgan fingerprint density at radius 1 is 1.40 bits per heavy atom. The van der Waals surface area contributed by atoms with Crippen LogP contribution in [0.25, 0.3) is 0 Å². The molecule has 2 rings (SSSR count). The average molecular weight is 359 g/mol. The van der Waals surface area contributed by atoms with Crippen molar-refractivity contribution < 1.29 is 27.8 Å². The first-order valence-corrected chi connectivity index (χ1v) is 7.79. The molecule has 0 saturated carbocycles. The number of nitrogens with zero attached hydrogens (tertiary/aromatic N) is 1. The van der Waals surface area contributed by atoms with Gasteiger partial charge >= 0.3 is 12.3 Å². The highest BCUT2D eigenvalue weighted by Crippen LogP contribution is 2.36. The van der Waals surface area contributed by atoms with E-state index in [0.29, 0.717) is 6.42 Å². The molecule has 1 aromatic rings. The van der Waals surface area contributed by atoms with Crippen molar-refractivity contribution in [2.24, 2.45) is 11.0 Å². The summed E-state index contributed by atoms with van der Waals surface area (Å²) < 4.78 is 45.0. The molecular formula is C16H20F3N3O3. The van der Waals surface area contributed by atoms with E-state index in [2.05, 4.69) is 15.8 Å². The van der Waals surface area contributed by atoms with Gasteiger partial charge in [0.1, 0.15) is 12.3 Å². The minimum atomic E-state index is -4.59. The fourth-order valence-corrected chi connectivity index (χ4v) is 2.51. The number of alkyl halides is 3. The number of aliphatic hydroxyl groups excluding tert-OH is 1. The average Bonchev–Trinajstić information content (AvgIpc) is 2.54. The van der Waals surface area contributed by atoms with Gasteiger partial charge in [-0.3, -0.25) is 0 Å². The lowest BCUT2D eigenvalue weighted by atomic mass is 10.0. The van der Waals surface area contributed by atoms with E-state index in [-0.39, 0.29) is 36.1 Å². The van der Waals surface area contributed by atoms with Crippen LogP contribution in [-0.4, -0.2) is 36.2 Å². The topological polar surface area (TPSA) is 83.0 Å². The number of rotatable bonds is 6. The van der Waals surface area contributed by atoms with Gasteiger partial charge in [-0.05, 0) is 24.5 Å². The summed E-state index contributed by atoms with van der Waals surface area (Å²) >= 11 is 0. The van der Waals surface area contributed by atoms with Gasteiger partial charge < -0.3 is 15.2 Å². The largest absolute Gasteiger partial charge is 0.442 e. The Bertz CT molecular complexity index is 660. The molecule has 0 bridgehead atoms. The Balaban J connectivity index is 2.33. The maximum Gasteiger partial charge on any atom is 0.428 e. The summed E-state index contributed by atoms with van der Waals surface area (Å²) in [4.78, 5) is 10.9. The van der Waals surface area contributed by atoms with E-state index in [1.54, 1.807) is 0 Å². The minimum Gasteiger partial charge on any atom is -0.442 e. The lowest BCUT2D eigenvalue weighted by molar-refractivity contribution is -0.137. The predicted molar refractivity (Wildman–Crippen MR) is 86.4 cm³/mol. The van der Waals surface area contributed by atoms with Crippen LogP contribution in [0, 0.1) is 5.92 Å². The van der Waals surface area contributed by atoms with Gasteiger partial charge in [0, 0.05) is 17.3 Å². The van der Waals surface area contributed by atoms with Crippen LogP contribution in [0.15, 0.2) is 23.3 Å². The van der Waals surface area contributed by atoms with E-state index in [4.69, 9.17) is 4.74 Å². The van der Waals surface area contributed by atoms with Crippen molar-refractivity contribution in [1.29, 1.82) is 0 Å². The zero-order valence-electron chi connectivity index (χ0n) is 13.9. The first-order chi connectivity index (χ1) is 11.7. The van der Waals surface area contributed by atoms with Gasteiger partial charge in [-0.25, -0.2) is 10.2 Å². The highest BCUT2D eigenvalue weighted by Gasteiger charge is 2.35. The number of cyclic esters (lactones) is 1. The summed E-state index contributed by atoms with van der Waals surface area (Å²) in [5, 5.41) is 15.9. The van der Waals surface area contributed by atoms with Gasteiger partial charge in [-0.15, -0.1) is 0 Å². The molecule has 1 amide bonds. The fourth-order valence-electron chi connectivity index (χ4n) is 2.51. The highest BCUT2D eigenvalue weighted by atomic mass is 19.4. The quantitative estimate of drug-likeness (QED) is 0.729. The standard InChI is InChI=1S/C16H20F3N3O3/c1-9(2)5-11(7-23)20-13-4-3-10(6-12(13)16(17,18)19)14-8-25-15(24)22-21-14/h3-4,6,9,11,20,23H,5,7-8H2,1-2H3,(H,22,24). The summed E-state index contributed by atoms with van der Waals surface area (Å²) in [6, 6.07) is 3.22. The van der Waals surface area contributed by atoms with Crippen LogP contribution in [0.5, 0.6) is 0 Å². The molecule has 0 aromatic heterocycles. The van der Waals surface area contributed by atoms with Crippen LogP contribution >= 0.6 is 0 Å². The molecule has 1 aromatic carbocycles. The Hall–Kier alpha value is -2.29. The monoisotopic (exact) mass is 359 g/mol. The van der Waals surface area contributed by atoms with Crippen molar-refractivity contribution in [2.75, 3.05) is 18.5 Å². The van der Waals surface area contributed by atoms with E-state index in [1.165, 1.54) is 12.1 Å². The van der Waals surface area contributed by atoms with Crippen molar-refractivity contribution in [2.45, 2.75) is 32.5 Å². The van der Waals surface area contributed by atoms with E-state index >= 15 is 0 Å². The zero-order chi connectivity index (χ0) is 18.6. The second kappa shape index (κ2) is 7.73. The second-order valence-corrected chi connectivity index (χ2v) is 6.16. The number of ether oxygens (including phenoxy) is 1. The molecule has 9 heteroatoms. The molecular weight excluding hydrogens is 339 g/mol. The molecule has 0 saturated heterocycles. The van der Waals surface area contributed by atoms with Crippen LogP contribution in [0.4, 0.5) is 23.7 Å². The molecule has 0 aliphatic carbocycles. The molecule has 0 radical (unpaired) electrons. The summed E-state index contributed by atoms with van der Waals surface area (Å²) in [6.07, 6.45) is -4.81. The lowest BCUT2D eigenvalue weighted by Gasteiger charge is -2.23. The molecule has 1 aliphatic heterocycles. The fraction of sp³-hybridized carbons (Fsp3) is 0.500. The van der Waals surface area contributed by atoms with Crippen LogP contribution < -0.4 is 10.7 Å². The van der Waals surface area contributed by atoms with E-state index < -0.39 is 23.9 Å². The third kappa shape index (κ3) is 5.09. The number of hydrogen-bond acceptors (Lipinski definition) is 5. The second-order valence-electron chi connectivity index (χ2n) is 6.16. The summed E-state index contributed by atoms with van der Waals surface area (Å²) in [5.74, 6) is 0.218. The third-order valence-electron chi connectivity index (χ3n) is 3.62. The van der Waals surface area contributed by atoms with Gasteiger partial charge in [-0.1, -0.05) is 19.9 Å². The van der Waals surface area contributed by atoms with Gasteiger partial charge in [0.2, 0.25) is 0 Å². The Morgan fingerprint density at radius 2 is 2.12 bits per heavy atom. The van der Waals surface area contributed by atoms with Crippen LogP contribution in [0.2, 0.25) is 0 Å². The number of benzene rings is 1. The number of aliphatic hydroxyl groups is 1. The number of halogens is 3. The lowest BCUT2D eigenvalue weighted by Crippen LogP contribution is -2.31. The van der Waals surface area contributed by atoms with E-state index in [9.17, 15) is 23.1 Å². The van der Waals surface area contributed by atoms with Crippen molar-refractivity contribution in [3.63, 3.8) is 0 Å². The number of carbonyl (C=O) groups is 1. The van der Waals surface area contributed by atoms with E-state index in [1.807, 2.05) is 13.8 Å². The zero-order valence-corrected chi connectivity index (χ0v) is 13.9. The van der Waals surface area contributed by atoms with Gasteiger partial charge in [0.25, 0.3) is 0 Å². The molecule has 1 aliphatic rings. The van der Waals surface area contributed by atoms with Crippen molar-refractivity contribution in [1.82, 2.24) is 5.43 Å². The Morgan fingerprint density at radius 3 is 2.64 bits per heavy atom. The number of amides is 1. The van der Waals surface area contributed by atoms with E-state index in [0.717, 1.165) is 6.07 Å². The molecule has 1 heterocycles. The predicted octanol–water partition coefficient (Wildman–Crippen LogP) is 2.97. The van der Waals surface area contributed by atoms with Crippen LogP contribution in [0.1, 0.15) is 31.4 Å². The maximum absolute atomic E-state index is 13.4. The molecule has 1 unspecified atom stereocenters. The van der Waals surface area contributed by atoms with Crippen molar-refractivity contribution >= 4 is 17.5 Å². The molecule has 0 spiro atoms. The number of nitrogens with one attached hydrogen (secondary N) is 2. The Labute approximate surface area is 143 Å². The van der Waals surface area contributed by atoms with Gasteiger partial charge in [-0.2, -0.15) is 18.3 Å². The molecule has 0 fully saturated rings. The first kappa shape index (κ1) is 19.0. The number of hydrogen-bond donors (Lipinski definition) is 3. The number of carbonyl (C=O) groups excluding carboxylic acids is 1. The van der Waals surface area contributed by atoms with Crippen LogP contribution in [-0.2, 0) is 10.9 Å². The summed E-state index contributed by atoms with van der Waals surface area (Å²) in [7, 11) is 0. The van der Waals surface area contributed by atoms with Crippen molar-refractivity contribution in [3.05, 3.63) is 29.3 Å². The maximum atomic E-state index is 13.4. The van der Waals surface area contributed by atoms with Crippen molar-refractivity contribution in [3.8, 4) is 0 Å². The minimum absolute atomic E-state index is 0.114. The highest BCUT2D eigenvalue weighted by molar-refractivity contribution is 6.04. The molecule has 3 N–H and O–H groups in total. The molecule has 138 valence electrons. The van der Waals surface area contributed by atoms with Gasteiger partial charge in [0.05, 0.1) is 12.2 Å². The SMILES string of the molecule is CC(C)CC(CO)Nc1ccc(C2=NNC(=O)OC2)cc1C(F)(F)F. The first-order valence-electron chi connectivity index (χ1n) is 7.79. The molecule has 25 heavy (non-hydrogen) atoms. The Kier molecular flexibility index (Phi) is 5.89.